The monoisotopic (exact) mass is 497 g/mol. The van der Waals surface area contributed by atoms with Gasteiger partial charge in [0.2, 0.25) is 0 Å². The molecule has 32 heavy (non-hydrogen) atoms. The first kappa shape index (κ1) is 24.4. The van der Waals surface area contributed by atoms with E-state index in [-0.39, 0.29) is 21.7 Å². The summed E-state index contributed by atoms with van der Waals surface area (Å²) in [6.45, 7) is 3.79. The van der Waals surface area contributed by atoms with E-state index in [4.69, 9.17) is 23.2 Å². The molecule has 2 aromatic rings. The lowest BCUT2D eigenvalue weighted by Gasteiger charge is -2.18. The van der Waals surface area contributed by atoms with Gasteiger partial charge >= 0.3 is 12.0 Å². The van der Waals surface area contributed by atoms with Crippen molar-refractivity contribution in [2.24, 2.45) is 5.92 Å². The Morgan fingerprint density at radius 1 is 1.09 bits per heavy atom. The topological polar surface area (TPSA) is 108 Å². The van der Waals surface area contributed by atoms with Crippen molar-refractivity contribution in [2.45, 2.75) is 52.0 Å². The van der Waals surface area contributed by atoms with E-state index in [1.165, 1.54) is 11.3 Å². The lowest BCUT2D eigenvalue weighted by atomic mass is 9.95. The van der Waals surface area contributed by atoms with Crippen LogP contribution in [0, 0.1) is 5.92 Å². The Labute approximate surface area is 200 Å². The number of hydrogen-bond donors (Lipinski definition) is 4. The molecule has 1 heterocycles. The van der Waals surface area contributed by atoms with Gasteiger partial charge in [-0.3, -0.25) is 10.1 Å². The van der Waals surface area contributed by atoms with E-state index >= 15 is 0 Å². The van der Waals surface area contributed by atoms with E-state index in [0.29, 0.717) is 23.4 Å². The molecule has 0 radical (unpaired) electrons. The van der Waals surface area contributed by atoms with E-state index in [0.717, 1.165) is 29.7 Å². The van der Waals surface area contributed by atoms with Crippen molar-refractivity contribution in [3.63, 3.8) is 0 Å². The van der Waals surface area contributed by atoms with E-state index < -0.39 is 23.9 Å². The summed E-state index contributed by atoms with van der Waals surface area (Å²) < 4.78 is 0. The molecule has 1 aromatic heterocycles. The number of urea groups is 1. The van der Waals surface area contributed by atoms with Crippen LogP contribution in [-0.4, -0.2) is 29.1 Å². The Hall–Kier alpha value is -2.29. The van der Waals surface area contributed by atoms with Crippen LogP contribution in [0.1, 0.15) is 53.9 Å². The van der Waals surface area contributed by atoms with Crippen LogP contribution in [0.15, 0.2) is 18.2 Å². The van der Waals surface area contributed by atoms with Gasteiger partial charge in [-0.1, -0.05) is 43.1 Å². The molecule has 0 spiro atoms. The number of carboxylic acids is 1. The molecule has 3 rings (SSSR count). The Morgan fingerprint density at radius 2 is 1.75 bits per heavy atom. The van der Waals surface area contributed by atoms with Gasteiger partial charge in [-0.2, -0.15) is 0 Å². The van der Waals surface area contributed by atoms with Gasteiger partial charge in [0, 0.05) is 4.88 Å². The Kier molecular flexibility index (Phi) is 8.03. The van der Waals surface area contributed by atoms with E-state index in [1.54, 1.807) is 18.2 Å². The van der Waals surface area contributed by atoms with E-state index in [9.17, 15) is 19.5 Å². The zero-order chi connectivity index (χ0) is 23.4. The van der Waals surface area contributed by atoms with Crippen LogP contribution in [0.2, 0.25) is 10.0 Å². The van der Waals surface area contributed by atoms with Crippen LogP contribution in [0.3, 0.4) is 0 Å². The highest BCUT2D eigenvalue weighted by Crippen LogP contribution is 2.38. The van der Waals surface area contributed by atoms with Crippen molar-refractivity contribution in [3.8, 4) is 0 Å². The predicted molar refractivity (Wildman–Crippen MR) is 128 cm³/mol. The minimum atomic E-state index is -1.09. The second kappa shape index (κ2) is 10.6. The minimum Gasteiger partial charge on any atom is -0.480 e. The van der Waals surface area contributed by atoms with Gasteiger partial charge < -0.3 is 15.7 Å². The highest BCUT2D eigenvalue weighted by molar-refractivity contribution is 7.17. The fourth-order valence-electron chi connectivity index (χ4n) is 3.68. The number of aliphatic carboxylic acids is 1. The molecule has 0 aliphatic heterocycles. The molecule has 10 heteroatoms. The number of fused-ring (bicyclic) bond motifs is 1. The SMILES string of the molecule is CC(C)C[C@H](NC(=O)c1c(NC(=O)Nc2c(Cl)cccc2Cl)sc2c1CCCC2)C(=O)O. The summed E-state index contributed by atoms with van der Waals surface area (Å²) in [7, 11) is 0. The first-order valence-corrected chi connectivity index (χ1v) is 11.9. The number of anilines is 2. The molecular formula is C22H25Cl2N3O4S. The average molecular weight is 498 g/mol. The average Bonchev–Trinajstić information content (AvgIpc) is 3.07. The molecule has 0 bridgehead atoms. The summed E-state index contributed by atoms with van der Waals surface area (Å²) in [6, 6.07) is 3.27. The van der Waals surface area contributed by atoms with Gasteiger partial charge in [0.25, 0.3) is 5.91 Å². The number of para-hydroxylation sites is 1. The number of aryl methyl sites for hydroxylation is 1. The van der Waals surface area contributed by atoms with Gasteiger partial charge in [0.1, 0.15) is 11.0 Å². The maximum atomic E-state index is 13.2. The van der Waals surface area contributed by atoms with Gasteiger partial charge in [0.05, 0.1) is 21.3 Å². The normalized spacial score (nSPS) is 13.9. The van der Waals surface area contributed by atoms with Crippen LogP contribution in [0.5, 0.6) is 0 Å². The molecular weight excluding hydrogens is 473 g/mol. The lowest BCUT2D eigenvalue weighted by Crippen LogP contribution is -2.42. The fourth-order valence-corrected chi connectivity index (χ4v) is 5.46. The number of carboxylic acid groups (broad SMARTS) is 1. The highest BCUT2D eigenvalue weighted by atomic mass is 35.5. The van der Waals surface area contributed by atoms with Crippen molar-refractivity contribution in [2.75, 3.05) is 10.6 Å². The van der Waals surface area contributed by atoms with E-state index in [2.05, 4.69) is 16.0 Å². The molecule has 1 atom stereocenters. The summed E-state index contributed by atoms with van der Waals surface area (Å²) in [5.41, 5.74) is 1.47. The zero-order valence-electron chi connectivity index (χ0n) is 17.8. The molecule has 0 fully saturated rings. The third kappa shape index (κ3) is 5.74. The third-order valence-corrected chi connectivity index (χ3v) is 6.97. The Balaban J connectivity index is 1.86. The Bertz CT molecular complexity index is 1020. The van der Waals surface area contributed by atoms with Crippen LogP contribution >= 0.6 is 34.5 Å². The second-order valence-electron chi connectivity index (χ2n) is 8.08. The maximum absolute atomic E-state index is 13.2. The lowest BCUT2D eigenvalue weighted by molar-refractivity contribution is -0.139. The molecule has 1 aromatic carbocycles. The molecule has 3 amide bonds. The first-order chi connectivity index (χ1) is 15.2. The number of carbonyl (C=O) groups is 3. The van der Waals surface area contributed by atoms with Crippen molar-refractivity contribution in [3.05, 3.63) is 44.2 Å². The molecule has 0 saturated carbocycles. The fraction of sp³-hybridized carbons (Fsp3) is 0.409. The quantitative estimate of drug-likeness (QED) is 0.387. The van der Waals surface area contributed by atoms with Crippen molar-refractivity contribution < 1.29 is 19.5 Å². The van der Waals surface area contributed by atoms with Gasteiger partial charge in [-0.05, 0) is 55.7 Å². The van der Waals surface area contributed by atoms with Crippen LogP contribution in [-0.2, 0) is 17.6 Å². The molecule has 0 saturated heterocycles. The van der Waals surface area contributed by atoms with Crippen LogP contribution in [0.25, 0.3) is 0 Å². The van der Waals surface area contributed by atoms with Gasteiger partial charge in [-0.25, -0.2) is 9.59 Å². The van der Waals surface area contributed by atoms with Crippen LogP contribution < -0.4 is 16.0 Å². The molecule has 4 N–H and O–H groups in total. The first-order valence-electron chi connectivity index (χ1n) is 10.4. The van der Waals surface area contributed by atoms with Crippen molar-refractivity contribution in [1.29, 1.82) is 0 Å². The summed E-state index contributed by atoms with van der Waals surface area (Å²) >= 11 is 13.6. The molecule has 0 unspecified atom stereocenters. The minimum absolute atomic E-state index is 0.0940. The number of carbonyl (C=O) groups excluding carboxylic acids is 2. The summed E-state index contributed by atoms with van der Waals surface area (Å²) in [5, 5.41) is 18.5. The molecule has 172 valence electrons. The number of amides is 3. The number of thiophene rings is 1. The number of benzene rings is 1. The smallest absolute Gasteiger partial charge is 0.326 e. The Morgan fingerprint density at radius 3 is 2.38 bits per heavy atom. The third-order valence-electron chi connectivity index (χ3n) is 5.14. The molecule has 7 nitrogen and oxygen atoms in total. The maximum Gasteiger partial charge on any atom is 0.326 e. The van der Waals surface area contributed by atoms with Crippen molar-refractivity contribution in [1.82, 2.24) is 5.32 Å². The summed E-state index contributed by atoms with van der Waals surface area (Å²) in [5.74, 6) is -1.49. The largest absolute Gasteiger partial charge is 0.480 e. The van der Waals surface area contributed by atoms with E-state index in [1.807, 2.05) is 13.8 Å². The molecule has 1 aliphatic carbocycles. The zero-order valence-corrected chi connectivity index (χ0v) is 20.1. The number of halogens is 2. The summed E-state index contributed by atoms with van der Waals surface area (Å²) in [6.07, 6.45) is 3.76. The van der Waals surface area contributed by atoms with Gasteiger partial charge in [-0.15, -0.1) is 11.3 Å². The molecule has 1 aliphatic rings. The van der Waals surface area contributed by atoms with Crippen LogP contribution in [0.4, 0.5) is 15.5 Å². The summed E-state index contributed by atoms with van der Waals surface area (Å²) in [4.78, 5) is 38.5. The predicted octanol–water partition coefficient (Wildman–Crippen LogP) is 5.81. The second-order valence-corrected chi connectivity index (χ2v) is 10.0. The standard InChI is InChI=1S/C22H25Cl2N3O4S/c1-11(2)10-15(21(29)30)25-19(28)17-12-6-3-4-9-16(12)32-20(17)27-22(31)26-18-13(23)7-5-8-14(18)24/h5,7-8,11,15H,3-4,6,9-10H2,1-2H3,(H,25,28)(H,29,30)(H2,26,27,31)/t15-/m0/s1. The van der Waals surface area contributed by atoms with Crippen molar-refractivity contribution >= 4 is 63.1 Å². The number of rotatable bonds is 7. The number of nitrogens with one attached hydrogen (secondary N) is 3. The number of hydrogen-bond acceptors (Lipinski definition) is 4. The van der Waals surface area contributed by atoms with Gasteiger partial charge in [0.15, 0.2) is 0 Å². The highest BCUT2D eigenvalue weighted by Gasteiger charge is 2.29.